The molecule has 0 aliphatic carbocycles. The first-order valence-electron chi connectivity index (χ1n) is 5.73. The third-order valence-corrected chi connectivity index (χ3v) is 2.66. The number of nitrogens with zero attached hydrogens (tertiary/aromatic N) is 5. The van der Waals surface area contributed by atoms with Crippen LogP contribution in [-0.4, -0.2) is 30.3 Å². The molecule has 96 valence electrons. The molecule has 0 bridgehead atoms. The quantitative estimate of drug-likeness (QED) is 0.719. The number of nitrogen functional groups attached to an aromatic ring is 1. The van der Waals surface area contributed by atoms with E-state index in [9.17, 15) is 0 Å². The molecule has 19 heavy (non-hydrogen) atoms. The second kappa shape index (κ2) is 4.48. The monoisotopic (exact) mass is 257 g/mol. The van der Waals surface area contributed by atoms with Gasteiger partial charge in [-0.15, -0.1) is 5.10 Å². The Morgan fingerprint density at radius 1 is 1.37 bits per heavy atom. The van der Waals surface area contributed by atoms with Crippen molar-refractivity contribution < 1.29 is 4.52 Å². The van der Waals surface area contributed by atoms with Gasteiger partial charge in [-0.1, -0.05) is 12.1 Å². The minimum atomic E-state index is 0.132. The lowest BCUT2D eigenvalue weighted by atomic mass is 10.1. The smallest absolute Gasteiger partial charge is 0.295 e. The Balaban J connectivity index is 2.01. The number of aryl methyl sites for hydroxylation is 1. The van der Waals surface area contributed by atoms with Gasteiger partial charge in [0, 0.05) is 18.0 Å². The lowest BCUT2D eigenvalue weighted by molar-refractivity contribution is 0.429. The highest BCUT2D eigenvalue weighted by molar-refractivity contribution is 5.60. The Labute approximate surface area is 108 Å². The molecule has 0 amide bonds. The Morgan fingerprint density at radius 3 is 3.00 bits per heavy atom. The van der Waals surface area contributed by atoms with Gasteiger partial charge < -0.3 is 10.3 Å². The molecule has 3 aromatic heterocycles. The Morgan fingerprint density at radius 2 is 2.26 bits per heavy atom. The third kappa shape index (κ3) is 2.03. The van der Waals surface area contributed by atoms with Gasteiger partial charge in [0.05, 0.1) is 0 Å². The Bertz CT molecular complexity index is 702. The Kier molecular flexibility index (Phi) is 2.67. The number of aromatic nitrogens is 6. The molecule has 0 spiro atoms. The summed E-state index contributed by atoms with van der Waals surface area (Å²) in [5, 5.41) is 10.3. The fourth-order valence-corrected chi connectivity index (χ4v) is 1.73. The highest BCUT2D eigenvalue weighted by Crippen LogP contribution is 2.22. The van der Waals surface area contributed by atoms with Crippen molar-refractivity contribution >= 4 is 5.95 Å². The topological polar surface area (TPSA) is 119 Å². The number of nitrogens with two attached hydrogens (primary N) is 1. The van der Waals surface area contributed by atoms with Crippen LogP contribution in [0.25, 0.3) is 23.1 Å². The van der Waals surface area contributed by atoms with E-state index in [2.05, 4.69) is 30.3 Å². The summed E-state index contributed by atoms with van der Waals surface area (Å²) in [5.74, 6) is 1.22. The van der Waals surface area contributed by atoms with E-state index in [1.165, 1.54) is 0 Å². The van der Waals surface area contributed by atoms with E-state index >= 15 is 0 Å². The van der Waals surface area contributed by atoms with Crippen LogP contribution in [0.5, 0.6) is 0 Å². The summed E-state index contributed by atoms with van der Waals surface area (Å²) in [7, 11) is 0. The van der Waals surface area contributed by atoms with E-state index < -0.39 is 0 Å². The molecule has 8 nitrogen and oxygen atoms in total. The number of anilines is 1. The van der Waals surface area contributed by atoms with Gasteiger partial charge in [0.2, 0.25) is 17.6 Å². The molecule has 8 heteroatoms. The molecule has 0 radical (unpaired) electrons. The fraction of sp³-hybridized carbons (Fsp3) is 0.182. The number of rotatable bonds is 3. The fourth-order valence-electron chi connectivity index (χ4n) is 1.73. The van der Waals surface area contributed by atoms with Gasteiger partial charge in [-0.3, -0.25) is 10.1 Å². The zero-order valence-corrected chi connectivity index (χ0v) is 10.2. The van der Waals surface area contributed by atoms with Gasteiger partial charge in [0.15, 0.2) is 0 Å². The lowest BCUT2D eigenvalue weighted by Gasteiger charge is -2.00. The maximum absolute atomic E-state index is 5.43. The highest BCUT2D eigenvalue weighted by atomic mass is 16.5. The summed E-state index contributed by atoms with van der Waals surface area (Å²) in [5.41, 5.74) is 7.36. The number of hydrogen-bond acceptors (Lipinski definition) is 7. The minimum absolute atomic E-state index is 0.132. The number of hydrogen-bond donors (Lipinski definition) is 2. The summed E-state index contributed by atoms with van der Waals surface area (Å²) >= 11 is 0. The van der Waals surface area contributed by atoms with Crippen molar-refractivity contribution in [2.45, 2.75) is 13.3 Å². The largest absolute Gasteiger partial charge is 0.366 e. The van der Waals surface area contributed by atoms with E-state index in [1.807, 2.05) is 13.0 Å². The van der Waals surface area contributed by atoms with Crippen LogP contribution in [0.15, 0.2) is 23.0 Å². The molecule has 3 aromatic rings. The predicted octanol–water partition coefficient (Wildman–Crippen LogP) is 1.06. The van der Waals surface area contributed by atoms with E-state index in [0.717, 1.165) is 17.5 Å². The average molecular weight is 257 g/mol. The van der Waals surface area contributed by atoms with Gasteiger partial charge in [-0.25, -0.2) is 0 Å². The first kappa shape index (κ1) is 11.3. The van der Waals surface area contributed by atoms with Gasteiger partial charge in [0.25, 0.3) is 5.89 Å². The molecular formula is C11H11N7O. The summed E-state index contributed by atoms with van der Waals surface area (Å²) in [6, 6.07) is 1.85. The molecule has 0 atom stereocenters. The highest BCUT2D eigenvalue weighted by Gasteiger charge is 2.15. The first-order valence-corrected chi connectivity index (χ1v) is 5.73. The number of nitrogens with one attached hydrogen (secondary N) is 1. The van der Waals surface area contributed by atoms with Crippen molar-refractivity contribution in [3.8, 4) is 23.1 Å². The van der Waals surface area contributed by atoms with Gasteiger partial charge in [-0.05, 0) is 18.1 Å². The maximum atomic E-state index is 5.43. The predicted molar refractivity (Wildman–Crippen MR) is 66.7 cm³/mol. The zero-order chi connectivity index (χ0) is 13.2. The molecule has 0 saturated heterocycles. The lowest BCUT2D eigenvalue weighted by Crippen LogP contribution is -1.90. The summed E-state index contributed by atoms with van der Waals surface area (Å²) in [6.07, 6.45) is 4.32. The van der Waals surface area contributed by atoms with E-state index in [0.29, 0.717) is 11.6 Å². The molecule has 0 aliphatic rings. The zero-order valence-electron chi connectivity index (χ0n) is 10.2. The average Bonchev–Trinajstić information content (AvgIpc) is 3.07. The van der Waals surface area contributed by atoms with Gasteiger partial charge in [0.1, 0.15) is 0 Å². The standard InChI is InChI=1S/C11H11N7O/c1-2-6-5-13-4-3-7(6)8-14-10(19-18-8)9-15-11(12)17-16-9/h3-5H,2H2,1H3,(H3,12,15,16,17). The van der Waals surface area contributed by atoms with Crippen molar-refractivity contribution in [2.24, 2.45) is 0 Å². The van der Waals surface area contributed by atoms with Crippen LogP contribution < -0.4 is 5.73 Å². The molecule has 0 fully saturated rings. The van der Waals surface area contributed by atoms with Crippen molar-refractivity contribution in [2.75, 3.05) is 5.73 Å². The molecule has 0 unspecified atom stereocenters. The van der Waals surface area contributed by atoms with Crippen molar-refractivity contribution in [3.63, 3.8) is 0 Å². The van der Waals surface area contributed by atoms with Crippen LogP contribution in [0.4, 0.5) is 5.95 Å². The summed E-state index contributed by atoms with van der Waals surface area (Å²) in [6.45, 7) is 2.04. The second-order valence-corrected chi connectivity index (χ2v) is 3.85. The van der Waals surface area contributed by atoms with Crippen LogP contribution in [0.1, 0.15) is 12.5 Å². The van der Waals surface area contributed by atoms with Crippen molar-refractivity contribution in [1.29, 1.82) is 0 Å². The summed E-state index contributed by atoms with van der Waals surface area (Å²) < 4.78 is 5.15. The molecular weight excluding hydrogens is 246 g/mol. The second-order valence-electron chi connectivity index (χ2n) is 3.85. The van der Waals surface area contributed by atoms with Crippen LogP contribution in [0.3, 0.4) is 0 Å². The van der Waals surface area contributed by atoms with E-state index in [-0.39, 0.29) is 11.8 Å². The molecule has 0 aliphatic heterocycles. The first-order chi connectivity index (χ1) is 9.28. The number of H-pyrrole nitrogens is 1. The van der Waals surface area contributed by atoms with Crippen molar-refractivity contribution in [1.82, 2.24) is 30.3 Å². The summed E-state index contributed by atoms with van der Waals surface area (Å²) in [4.78, 5) is 12.3. The molecule has 3 N–H and O–H groups in total. The number of aromatic amines is 1. The van der Waals surface area contributed by atoms with Gasteiger partial charge >= 0.3 is 0 Å². The third-order valence-electron chi connectivity index (χ3n) is 2.66. The van der Waals surface area contributed by atoms with Crippen LogP contribution in [0, 0.1) is 0 Å². The number of pyridine rings is 1. The molecule has 3 rings (SSSR count). The normalized spacial score (nSPS) is 10.8. The van der Waals surface area contributed by atoms with Crippen LogP contribution in [-0.2, 0) is 6.42 Å². The minimum Gasteiger partial charge on any atom is -0.366 e. The van der Waals surface area contributed by atoms with Gasteiger partial charge in [-0.2, -0.15) is 9.97 Å². The van der Waals surface area contributed by atoms with Crippen molar-refractivity contribution in [3.05, 3.63) is 24.0 Å². The molecule has 0 saturated carbocycles. The molecule has 3 heterocycles. The Hall–Kier alpha value is -2.77. The molecule has 0 aromatic carbocycles. The van der Waals surface area contributed by atoms with E-state index in [4.69, 9.17) is 10.3 Å². The SMILES string of the molecule is CCc1cnccc1-c1noc(-c2nc(N)n[nH]2)n1. The van der Waals surface area contributed by atoms with E-state index in [1.54, 1.807) is 12.4 Å². The van der Waals surface area contributed by atoms with Crippen LogP contribution >= 0.6 is 0 Å². The van der Waals surface area contributed by atoms with Crippen LogP contribution in [0.2, 0.25) is 0 Å². The maximum Gasteiger partial charge on any atom is 0.295 e.